The Morgan fingerprint density at radius 2 is 2.12 bits per heavy atom. The van der Waals surface area contributed by atoms with Gasteiger partial charge in [0, 0.05) is 36.3 Å². The lowest BCUT2D eigenvalue weighted by Crippen LogP contribution is -2.51. The third kappa shape index (κ3) is 2.57. The minimum absolute atomic E-state index is 0.00499. The maximum absolute atomic E-state index is 11.1. The van der Waals surface area contributed by atoms with Gasteiger partial charge in [-0.15, -0.1) is 0 Å². The van der Waals surface area contributed by atoms with Crippen LogP contribution in [0.25, 0.3) is 6.08 Å². The predicted octanol–water partition coefficient (Wildman–Crippen LogP) is 3.23. The van der Waals surface area contributed by atoms with Crippen molar-refractivity contribution < 1.29 is 19.6 Å². The van der Waals surface area contributed by atoms with E-state index in [2.05, 4.69) is 0 Å². The molecule has 0 radical (unpaired) electrons. The third-order valence-corrected chi connectivity index (χ3v) is 4.75. The van der Waals surface area contributed by atoms with Crippen LogP contribution in [-0.2, 0) is 11.2 Å². The number of aliphatic carboxylic acids is 1. The van der Waals surface area contributed by atoms with E-state index in [9.17, 15) is 14.9 Å². The fourth-order valence-electron chi connectivity index (χ4n) is 3.57. The maximum Gasteiger partial charge on any atom is 0.305 e. The monoisotopic (exact) mass is 352 g/mol. The number of carboxylic acid groups (broad SMARTS) is 1. The van der Waals surface area contributed by atoms with Crippen LogP contribution in [-0.4, -0.2) is 28.3 Å². The van der Waals surface area contributed by atoms with Crippen LogP contribution in [0.1, 0.15) is 17.5 Å². The average Bonchev–Trinajstić information content (AvgIpc) is 2.91. The molecule has 2 aromatic rings. The Morgan fingerprint density at radius 1 is 1.31 bits per heavy atom. The summed E-state index contributed by atoms with van der Waals surface area (Å²) in [6.07, 6.45) is 4.24. The molecule has 132 valence electrons. The van der Waals surface area contributed by atoms with Crippen molar-refractivity contribution in [1.82, 2.24) is 0 Å². The first-order chi connectivity index (χ1) is 12.5. The summed E-state index contributed by atoms with van der Waals surface area (Å²) in [5.41, 5.74) is 1.85. The molecule has 2 aliphatic rings. The van der Waals surface area contributed by atoms with E-state index in [-0.39, 0.29) is 12.1 Å². The zero-order valence-electron chi connectivity index (χ0n) is 13.8. The summed E-state index contributed by atoms with van der Waals surface area (Å²) in [7, 11) is 0. The molecule has 2 aromatic carbocycles. The molecule has 0 aliphatic carbocycles. The van der Waals surface area contributed by atoms with Gasteiger partial charge in [0.25, 0.3) is 5.69 Å². The van der Waals surface area contributed by atoms with Gasteiger partial charge >= 0.3 is 5.97 Å². The molecule has 7 heteroatoms. The van der Waals surface area contributed by atoms with Crippen molar-refractivity contribution in [2.24, 2.45) is 0 Å². The van der Waals surface area contributed by atoms with E-state index in [1.807, 2.05) is 41.3 Å². The minimum Gasteiger partial charge on any atom is -0.481 e. The molecule has 1 unspecified atom stereocenters. The molecular weight excluding hydrogens is 336 g/mol. The number of nitro groups is 1. The molecule has 1 N–H and O–H groups in total. The van der Waals surface area contributed by atoms with Gasteiger partial charge in [-0.1, -0.05) is 18.2 Å². The van der Waals surface area contributed by atoms with Gasteiger partial charge in [0.15, 0.2) is 0 Å². The number of benzene rings is 2. The largest absolute Gasteiger partial charge is 0.481 e. The highest BCUT2D eigenvalue weighted by molar-refractivity contribution is 5.72. The van der Waals surface area contributed by atoms with Crippen molar-refractivity contribution >= 4 is 23.4 Å². The standard InChI is InChI=1S/C19H16N2O5/c22-18(23)8-10-20-16-4-2-1-3-14(16)12-19(20)9-7-13-11-15(21(24)25)5-6-17(13)26-19/h1-7,9,11H,8,10,12H2,(H,22,23). The zero-order valence-corrected chi connectivity index (χ0v) is 13.8. The molecule has 7 nitrogen and oxygen atoms in total. The molecule has 1 atom stereocenters. The van der Waals surface area contributed by atoms with E-state index < -0.39 is 16.6 Å². The zero-order chi connectivity index (χ0) is 18.3. The first-order valence-electron chi connectivity index (χ1n) is 8.22. The molecule has 0 bridgehead atoms. The molecule has 0 aromatic heterocycles. The fraction of sp³-hybridized carbons (Fsp3) is 0.211. The molecule has 4 rings (SSSR count). The van der Waals surface area contributed by atoms with Crippen LogP contribution in [0.3, 0.4) is 0 Å². The van der Waals surface area contributed by atoms with Crippen LogP contribution >= 0.6 is 0 Å². The Bertz CT molecular complexity index is 939. The minimum atomic E-state index is -0.875. The Kier molecular flexibility index (Phi) is 3.64. The average molecular weight is 352 g/mol. The number of fused-ring (bicyclic) bond motifs is 2. The molecule has 0 amide bonds. The summed E-state index contributed by atoms with van der Waals surface area (Å²) < 4.78 is 6.27. The molecule has 0 saturated heterocycles. The topological polar surface area (TPSA) is 92.9 Å². The molecule has 2 aliphatic heterocycles. The van der Waals surface area contributed by atoms with E-state index >= 15 is 0 Å². The SMILES string of the molecule is O=C(O)CCN1c2ccccc2CC12C=Cc1cc([N+](=O)[O-])ccc1O2. The van der Waals surface area contributed by atoms with Gasteiger partial charge < -0.3 is 14.7 Å². The Morgan fingerprint density at radius 3 is 2.88 bits per heavy atom. The summed E-state index contributed by atoms with van der Waals surface area (Å²) in [5.74, 6) is -0.327. The number of para-hydroxylation sites is 1. The Hall–Kier alpha value is -3.35. The number of non-ortho nitro benzene ring substituents is 1. The summed E-state index contributed by atoms with van der Waals surface area (Å²) in [6, 6.07) is 12.3. The second-order valence-electron chi connectivity index (χ2n) is 6.36. The number of nitro benzene ring substituents is 1. The van der Waals surface area contributed by atoms with Gasteiger partial charge in [0.2, 0.25) is 5.72 Å². The molecular formula is C19H16N2O5. The van der Waals surface area contributed by atoms with E-state index in [1.54, 1.807) is 6.07 Å². The maximum atomic E-state index is 11.1. The number of hydrogen-bond acceptors (Lipinski definition) is 5. The van der Waals surface area contributed by atoms with Crippen LogP contribution in [0.15, 0.2) is 48.5 Å². The summed E-state index contributed by atoms with van der Waals surface area (Å²) in [6.45, 7) is 0.305. The van der Waals surface area contributed by atoms with E-state index in [4.69, 9.17) is 9.84 Å². The number of anilines is 1. The number of ether oxygens (including phenoxy) is 1. The van der Waals surface area contributed by atoms with Crippen LogP contribution in [0.2, 0.25) is 0 Å². The molecule has 0 saturated carbocycles. The van der Waals surface area contributed by atoms with Crippen molar-refractivity contribution in [3.05, 3.63) is 69.8 Å². The smallest absolute Gasteiger partial charge is 0.305 e. The van der Waals surface area contributed by atoms with E-state index in [0.29, 0.717) is 24.3 Å². The lowest BCUT2D eigenvalue weighted by molar-refractivity contribution is -0.384. The van der Waals surface area contributed by atoms with Gasteiger partial charge in [-0.2, -0.15) is 0 Å². The van der Waals surface area contributed by atoms with E-state index in [1.165, 1.54) is 12.1 Å². The summed E-state index contributed by atoms with van der Waals surface area (Å²) >= 11 is 0. The van der Waals surface area contributed by atoms with E-state index in [0.717, 1.165) is 11.3 Å². The lowest BCUT2D eigenvalue weighted by atomic mass is 10.0. The van der Waals surface area contributed by atoms with Gasteiger partial charge in [-0.25, -0.2) is 0 Å². The number of carboxylic acids is 1. The number of hydrogen-bond donors (Lipinski definition) is 1. The summed E-state index contributed by atoms with van der Waals surface area (Å²) in [5, 5.41) is 20.1. The Labute approximate surface area is 149 Å². The first kappa shape index (κ1) is 16.1. The quantitative estimate of drug-likeness (QED) is 0.671. The number of carbonyl (C=O) groups is 1. The first-order valence-corrected chi connectivity index (χ1v) is 8.22. The van der Waals surface area contributed by atoms with Crippen LogP contribution in [0, 0.1) is 10.1 Å². The van der Waals surface area contributed by atoms with Crippen molar-refractivity contribution in [3.8, 4) is 5.75 Å². The van der Waals surface area contributed by atoms with Crippen molar-refractivity contribution in [2.75, 3.05) is 11.4 Å². The highest BCUT2D eigenvalue weighted by Crippen LogP contribution is 2.44. The van der Waals surface area contributed by atoms with Crippen LogP contribution in [0.5, 0.6) is 5.75 Å². The number of nitrogens with zero attached hydrogens (tertiary/aromatic N) is 2. The second-order valence-corrected chi connectivity index (χ2v) is 6.36. The van der Waals surface area contributed by atoms with Gasteiger partial charge in [0.05, 0.1) is 11.3 Å². The highest BCUT2D eigenvalue weighted by Gasteiger charge is 2.45. The third-order valence-electron chi connectivity index (χ3n) is 4.75. The fourth-order valence-corrected chi connectivity index (χ4v) is 3.57. The van der Waals surface area contributed by atoms with Crippen molar-refractivity contribution in [3.63, 3.8) is 0 Å². The van der Waals surface area contributed by atoms with Gasteiger partial charge in [-0.05, 0) is 29.8 Å². The van der Waals surface area contributed by atoms with Crippen molar-refractivity contribution in [1.29, 1.82) is 0 Å². The Balaban J connectivity index is 1.72. The van der Waals surface area contributed by atoms with Gasteiger partial charge in [0.1, 0.15) is 5.75 Å². The van der Waals surface area contributed by atoms with Gasteiger partial charge in [-0.3, -0.25) is 14.9 Å². The predicted molar refractivity (Wildman–Crippen MR) is 95.2 cm³/mol. The number of rotatable bonds is 4. The summed E-state index contributed by atoms with van der Waals surface area (Å²) in [4.78, 5) is 23.6. The molecule has 0 fully saturated rings. The molecule has 2 heterocycles. The normalized spacial score (nSPS) is 19.8. The van der Waals surface area contributed by atoms with Crippen LogP contribution in [0.4, 0.5) is 11.4 Å². The lowest BCUT2D eigenvalue weighted by Gasteiger charge is -2.40. The molecule has 1 spiro atoms. The highest BCUT2D eigenvalue weighted by atomic mass is 16.6. The van der Waals surface area contributed by atoms with Crippen LogP contribution < -0.4 is 9.64 Å². The van der Waals surface area contributed by atoms with Crippen molar-refractivity contribution in [2.45, 2.75) is 18.6 Å². The molecule has 26 heavy (non-hydrogen) atoms. The second kappa shape index (κ2) is 5.87.